The first-order chi connectivity index (χ1) is 29.1. The molecule has 0 unspecified atom stereocenters. The molecule has 332 valence electrons. The van der Waals surface area contributed by atoms with Crippen molar-refractivity contribution >= 4 is 11.4 Å². The van der Waals surface area contributed by atoms with Crippen molar-refractivity contribution < 1.29 is 4.70 Å². The first kappa shape index (κ1) is 50.9. The molecule has 2 nitrogen and oxygen atoms in total. The summed E-state index contributed by atoms with van der Waals surface area (Å²) in [5.74, 6) is 0. The summed E-state index contributed by atoms with van der Waals surface area (Å²) in [5, 5.41) is 0. The highest BCUT2D eigenvalue weighted by Gasteiger charge is 2.35. The number of hydrogen-bond donors (Lipinski definition) is 0. The third kappa shape index (κ3) is 21.2. The van der Waals surface area contributed by atoms with E-state index in [1.807, 2.05) is 0 Å². The molecule has 0 saturated heterocycles. The van der Waals surface area contributed by atoms with Crippen molar-refractivity contribution in [3.8, 4) is 0 Å². The molecular formula is C57H94N2. The SMILES string of the molecule is CCCCCCCCCCCCCCCCCCCCCCCC1=C(c2ccc(CCCCCC)cc2)[N+](=[N-])C(c2ccc(CCCC)cc2)=C1CCCCCCCC. The van der Waals surface area contributed by atoms with Crippen molar-refractivity contribution in [2.45, 2.75) is 265 Å². The van der Waals surface area contributed by atoms with Crippen LogP contribution in [-0.2, 0) is 12.8 Å². The van der Waals surface area contributed by atoms with Crippen LogP contribution in [0.1, 0.15) is 275 Å². The van der Waals surface area contributed by atoms with Crippen LogP contribution >= 0.6 is 0 Å². The summed E-state index contributed by atoms with van der Waals surface area (Å²) in [5.41, 5.74) is 22.3. The monoisotopic (exact) mass is 807 g/mol. The highest BCUT2D eigenvalue weighted by Crippen LogP contribution is 2.44. The topological polar surface area (TPSA) is 25.3 Å². The van der Waals surface area contributed by atoms with E-state index in [4.69, 9.17) is 0 Å². The fourth-order valence-corrected chi connectivity index (χ4v) is 9.40. The van der Waals surface area contributed by atoms with Crippen molar-refractivity contribution in [2.24, 2.45) is 0 Å². The number of benzene rings is 2. The van der Waals surface area contributed by atoms with Crippen molar-refractivity contribution in [3.05, 3.63) is 87.5 Å². The van der Waals surface area contributed by atoms with Gasteiger partial charge in [0.2, 0.25) is 11.4 Å². The van der Waals surface area contributed by atoms with Crippen LogP contribution in [0.2, 0.25) is 0 Å². The molecule has 0 bridgehead atoms. The van der Waals surface area contributed by atoms with E-state index in [-0.39, 0.29) is 0 Å². The van der Waals surface area contributed by atoms with Gasteiger partial charge in [-0.3, -0.25) is 0 Å². The average molecular weight is 807 g/mol. The van der Waals surface area contributed by atoms with Gasteiger partial charge in [-0.1, -0.05) is 238 Å². The molecule has 0 aliphatic carbocycles. The minimum atomic E-state index is 1.04. The number of hydrogen-bond acceptors (Lipinski definition) is 0. The van der Waals surface area contributed by atoms with Crippen molar-refractivity contribution in [1.29, 1.82) is 0 Å². The molecule has 0 aromatic heterocycles. The lowest BCUT2D eigenvalue weighted by Gasteiger charge is -2.11. The van der Waals surface area contributed by atoms with Gasteiger partial charge in [-0.05, 0) is 86.8 Å². The Bertz CT molecular complexity index is 1390. The van der Waals surface area contributed by atoms with Crippen LogP contribution in [0.25, 0.3) is 16.9 Å². The molecular weight excluding hydrogens is 713 g/mol. The Morgan fingerprint density at radius 2 is 0.525 bits per heavy atom. The molecule has 0 radical (unpaired) electrons. The van der Waals surface area contributed by atoms with Gasteiger partial charge >= 0.3 is 0 Å². The van der Waals surface area contributed by atoms with Gasteiger partial charge < -0.3 is 5.53 Å². The van der Waals surface area contributed by atoms with Crippen LogP contribution in [0, 0.1) is 0 Å². The van der Waals surface area contributed by atoms with Gasteiger partial charge in [0.15, 0.2) is 0 Å². The molecule has 0 spiro atoms. The first-order valence-corrected chi connectivity index (χ1v) is 26.3. The fraction of sp³-hybridized carbons (Fsp3) is 0.719. The number of nitrogens with zero attached hydrogens (tertiary/aromatic N) is 2. The maximum absolute atomic E-state index is 12.2. The molecule has 1 heterocycles. The van der Waals surface area contributed by atoms with Crippen LogP contribution in [0.5, 0.6) is 0 Å². The number of rotatable bonds is 39. The zero-order valence-corrected chi connectivity index (χ0v) is 39.7. The van der Waals surface area contributed by atoms with Crippen molar-refractivity contribution in [3.63, 3.8) is 0 Å². The van der Waals surface area contributed by atoms with Crippen molar-refractivity contribution in [1.82, 2.24) is 0 Å². The molecule has 2 heteroatoms. The second-order valence-corrected chi connectivity index (χ2v) is 18.6. The van der Waals surface area contributed by atoms with Gasteiger partial charge in [-0.25, -0.2) is 4.70 Å². The Kier molecular flexibility index (Phi) is 29.4. The van der Waals surface area contributed by atoms with Gasteiger partial charge in [-0.2, -0.15) is 0 Å². The second-order valence-electron chi connectivity index (χ2n) is 18.6. The number of unbranched alkanes of at least 4 members (excludes halogenated alkanes) is 29. The van der Waals surface area contributed by atoms with E-state index in [2.05, 4.69) is 76.2 Å². The molecule has 1 aliphatic heterocycles. The normalized spacial score (nSPS) is 13.1. The predicted molar refractivity (Wildman–Crippen MR) is 262 cm³/mol. The van der Waals surface area contributed by atoms with Gasteiger partial charge in [0.25, 0.3) is 0 Å². The summed E-state index contributed by atoms with van der Waals surface area (Å²) in [6, 6.07) is 18.4. The quantitative estimate of drug-likeness (QED) is 0.0475. The molecule has 2 aromatic carbocycles. The Labute approximate surface area is 367 Å². The summed E-state index contributed by atoms with van der Waals surface area (Å²) >= 11 is 0. The highest BCUT2D eigenvalue weighted by atomic mass is 15.2. The summed E-state index contributed by atoms with van der Waals surface area (Å²) < 4.78 is 1.61. The molecule has 0 amide bonds. The zero-order chi connectivity index (χ0) is 42.0. The molecule has 1 aliphatic rings. The lowest BCUT2D eigenvalue weighted by molar-refractivity contribution is -0.345. The maximum atomic E-state index is 12.2. The summed E-state index contributed by atoms with van der Waals surface area (Å²) in [4.78, 5) is 0. The van der Waals surface area contributed by atoms with E-state index >= 15 is 0 Å². The fourth-order valence-electron chi connectivity index (χ4n) is 9.40. The molecule has 2 aromatic rings. The lowest BCUT2D eigenvalue weighted by atomic mass is 9.91. The maximum Gasteiger partial charge on any atom is 0.211 e. The van der Waals surface area contributed by atoms with E-state index in [0.29, 0.717) is 0 Å². The average Bonchev–Trinajstić information content (AvgIpc) is 3.53. The minimum Gasteiger partial charge on any atom is -0.493 e. The zero-order valence-electron chi connectivity index (χ0n) is 39.7. The van der Waals surface area contributed by atoms with Crippen LogP contribution in [0.3, 0.4) is 0 Å². The van der Waals surface area contributed by atoms with Crippen LogP contribution in [-0.4, -0.2) is 4.70 Å². The van der Waals surface area contributed by atoms with Gasteiger partial charge in [0.05, 0.1) is 0 Å². The standard InChI is InChI=1S/C57H94N2/c1-5-9-13-16-18-19-20-21-22-23-24-25-26-27-28-29-30-31-32-34-37-41-55-54(40-36-33-17-14-10-6-2)56(52-46-42-50(43-47-52)38-12-8-4)59(58)57(55)53-48-44-51(45-49-53)39-35-15-11-7-3/h42-49H,5-41H2,1-4H3. The lowest BCUT2D eigenvalue weighted by Crippen LogP contribution is -2.03. The Morgan fingerprint density at radius 3 is 0.831 bits per heavy atom. The largest absolute Gasteiger partial charge is 0.493 e. The second kappa shape index (κ2) is 34.1. The Hall–Kier alpha value is -2.48. The van der Waals surface area contributed by atoms with E-state index in [1.165, 1.54) is 240 Å². The van der Waals surface area contributed by atoms with E-state index in [1.54, 1.807) is 4.70 Å². The van der Waals surface area contributed by atoms with Gasteiger partial charge in [0, 0.05) is 22.3 Å². The third-order valence-corrected chi connectivity index (χ3v) is 13.3. The molecule has 0 N–H and O–H groups in total. The summed E-state index contributed by atoms with van der Waals surface area (Å²) in [6.45, 7) is 9.17. The minimum absolute atomic E-state index is 1.04. The van der Waals surface area contributed by atoms with Crippen molar-refractivity contribution in [2.75, 3.05) is 0 Å². The Morgan fingerprint density at radius 1 is 0.288 bits per heavy atom. The van der Waals surface area contributed by atoms with E-state index in [9.17, 15) is 5.53 Å². The van der Waals surface area contributed by atoms with Gasteiger partial charge in [-0.15, -0.1) is 0 Å². The molecule has 0 atom stereocenters. The highest BCUT2D eigenvalue weighted by molar-refractivity contribution is 5.82. The number of allylic oxidation sites excluding steroid dienone is 2. The van der Waals surface area contributed by atoms with Crippen LogP contribution < -0.4 is 0 Å². The van der Waals surface area contributed by atoms with Crippen LogP contribution in [0.15, 0.2) is 59.7 Å². The Balaban J connectivity index is 1.54. The number of aryl methyl sites for hydroxylation is 2. The van der Waals surface area contributed by atoms with Crippen LogP contribution in [0.4, 0.5) is 0 Å². The molecule has 0 saturated carbocycles. The van der Waals surface area contributed by atoms with Gasteiger partial charge in [0.1, 0.15) is 0 Å². The molecule has 59 heavy (non-hydrogen) atoms. The smallest absolute Gasteiger partial charge is 0.211 e. The van der Waals surface area contributed by atoms with E-state index < -0.39 is 0 Å². The summed E-state index contributed by atoms with van der Waals surface area (Å²) in [6.07, 6.45) is 49.4. The first-order valence-electron chi connectivity index (χ1n) is 26.3. The predicted octanol–water partition coefficient (Wildman–Crippen LogP) is 19.7. The van der Waals surface area contributed by atoms with E-state index in [0.717, 1.165) is 42.6 Å². The third-order valence-electron chi connectivity index (χ3n) is 13.3. The molecule has 0 fully saturated rings. The summed E-state index contributed by atoms with van der Waals surface area (Å²) in [7, 11) is 0. The molecule has 3 rings (SSSR count).